The summed E-state index contributed by atoms with van der Waals surface area (Å²) >= 11 is 7.63. The fourth-order valence-corrected chi connectivity index (χ4v) is 7.78. The number of quaternary nitrogens is 1. The Kier molecular flexibility index (Phi) is 10.3. The number of hydrogen-bond acceptors (Lipinski definition) is 2. The van der Waals surface area contributed by atoms with Crippen LogP contribution in [0.4, 0.5) is 0 Å². The van der Waals surface area contributed by atoms with Crippen molar-refractivity contribution in [3.63, 3.8) is 0 Å². The Morgan fingerprint density at radius 1 is 0.953 bits per heavy atom. The number of fused-ring (bicyclic) bond motifs is 1. The van der Waals surface area contributed by atoms with Gasteiger partial charge in [0.2, 0.25) is 5.52 Å². The lowest BCUT2D eigenvalue weighted by molar-refractivity contribution is -0.971. The number of nitrogens with zero attached hydrogens (tertiary/aromatic N) is 2. The molecule has 0 N–H and O–H groups in total. The smallest absolute Gasteiger partial charge is 0.213 e. The van der Waals surface area contributed by atoms with E-state index < -0.39 is 0 Å². The van der Waals surface area contributed by atoms with Crippen LogP contribution < -0.4 is 14.0 Å². The molecule has 0 bridgehead atoms. The van der Waals surface area contributed by atoms with Crippen molar-refractivity contribution in [2.45, 2.75) is 52.2 Å². The Balaban J connectivity index is 1.53. The number of para-hydroxylation sites is 1. The van der Waals surface area contributed by atoms with E-state index in [1.165, 1.54) is 40.6 Å². The molecule has 6 heteroatoms. The summed E-state index contributed by atoms with van der Waals surface area (Å²) in [7, 11) is 3.47. The summed E-state index contributed by atoms with van der Waals surface area (Å²) in [5.41, 5.74) is 5.18. The highest BCUT2D eigenvalue weighted by Gasteiger charge is 2.43. The summed E-state index contributed by atoms with van der Waals surface area (Å²) in [5, 5.41) is 1.33. The van der Waals surface area contributed by atoms with Gasteiger partial charge in [-0.05, 0) is 66.8 Å². The minimum absolute atomic E-state index is 0.472. The Hall–Kier alpha value is -2.67. The highest BCUT2D eigenvalue weighted by atomic mass is 79.9. The lowest BCUT2D eigenvalue weighted by Gasteiger charge is -2.51. The van der Waals surface area contributed by atoms with E-state index >= 15 is 0 Å². The number of ether oxygens (including phenoxy) is 2. The molecule has 1 aromatic heterocycles. The number of piperidine rings is 1. The molecule has 0 radical (unpaired) electrons. The Bertz CT molecular complexity index is 1590. The van der Waals surface area contributed by atoms with Crippen molar-refractivity contribution in [2.24, 2.45) is 11.8 Å². The predicted molar refractivity (Wildman–Crippen MR) is 184 cm³/mol. The predicted octanol–water partition coefficient (Wildman–Crippen LogP) is 8.90. The van der Waals surface area contributed by atoms with Crippen LogP contribution in [0.2, 0.25) is 0 Å². The molecule has 1 aliphatic rings. The topological polar surface area (TPSA) is 22.3 Å². The van der Waals surface area contributed by atoms with Crippen molar-refractivity contribution in [2.75, 3.05) is 27.3 Å². The van der Waals surface area contributed by atoms with E-state index in [1.54, 1.807) is 14.2 Å². The van der Waals surface area contributed by atoms with Gasteiger partial charge < -0.3 is 14.0 Å². The standard InChI is InChI=1S/C37H44Br2N2O2/c1-6-27-24-41(19-17-26(27)3,25-30-22-33(43-5)13-15-36(30)39)31(7-2)20-28-16-18-40(37-11-9-8-10-34(28)37)23-29-21-32(42-4)12-14-35(29)38/h6,8-16,18,21-22,26-27,31H,1,7,17,19-20,23-25H2,2-5H3/q+2/t26?,27-,31?,41?/m1/s1. The van der Waals surface area contributed by atoms with Crippen LogP contribution in [-0.2, 0) is 19.5 Å². The van der Waals surface area contributed by atoms with E-state index in [1.807, 2.05) is 12.1 Å². The van der Waals surface area contributed by atoms with Crippen LogP contribution in [0.5, 0.6) is 11.5 Å². The van der Waals surface area contributed by atoms with Crippen LogP contribution in [0.15, 0.2) is 94.5 Å². The summed E-state index contributed by atoms with van der Waals surface area (Å²) in [5.74, 6) is 2.94. The van der Waals surface area contributed by atoms with E-state index in [-0.39, 0.29) is 0 Å². The fraction of sp³-hybridized carbons (Fsp3) is 0.378. The molecular formula is C37H44Br2N2O2+2. The van der Waals surface area contributed by atoms with E-state index in [0.29, 0.717) is 17.9 Å². The highest BCUT2D eigenvalue weighted by molar-refractivity contribution is 9.10. The maximum absolute atomic E-state index is 5.64. The number of rotatable bonds is 11. The minimum atomic E-state index is 0.472. The second kappa shape index (κ2) is 14.0. The molecule has 226 valence electrons. The molecule has 4 nitrogen and oxygen atoms in total. The largest absolute Gasteiger partial charge is 0.497 e. The molecule has 0 saturated carbocycles. The lowest BCUT2D eigenvalue weighted by Crippen LogP contribution is -2.61. The van der Waals surface area contributed by atoms with Gasteiger partial charge in [-0.3, -0.25) is 0 Å². The maximum Gasteiger partial charge on any atom is 0.213 e. The van der Waals surface area contributed by atoms with Crippen LogP contribution in [0, 0.1) is 11.8 Å². The first-order valence-corrected chi connectivity index (χ1v) is 16.9. The van der Waals surface area contributed by atoms with Gasteiger partial charge in [-0.1, -0.05) is 63.9 Å². The third kappa shape index (κ3) is 6.87. The van der Waals surface area contributed by atoms with Crippen LogP contribution >= 0.6 is 31.9 Å². The average molecular weight is 709 g/mol. The molecule has 3 aromatic carbocycles. The molecule has 1 fully saturated rings. The Labute approximate surface area is 274 Å². The summed E-state index contributed by atoms with van der Waals surface area (Å²) < 4.78 is 16.8. The van der Waals surface area contributed by atoms with Crippen LogP contribution in [0.25, 0.3) is 10.9 Å². The molecule has 4 aromatic rings. The third-order valence-electron chi connectivity index (χ3n) is 9.69. The first-order valence-electron chi connectivity index (χ1n) is 15.3. The first kappa shape index (κ1) is 31.7. The SMILES string of the molecule is C=C[C@@H]1C[N+](Cc2cc(OC)ccc2Br)(C(CC)Cc2cc[n+](Cc3cc(OC)ccc3Br)c3ccccc23)CCC1C. The van der Waals surface area contributed by atoms with Crippen molar-refractivity contribution < 1.29 is 18.5 Å². The average Bonchev–Trinajstić information content (AvgIpc) is 3.03. The number of methoxy groups -OCH3 is 2. The van der Waals surface area contributed by atoms with Gasteiger partial charge in [0.1, 0.15) is 18.0 Å². The van der Waals surface area contributed by atoms with Crippen molar-refractivity contribution >= 4 is 42.8 Å². The van der Waals surface area contributed by atoms with Gasteiger partial charge in [0, 0.05) is 49.9 Å². The zero-order valence-electron chi connectivity index (χ0n) is 25.9. The van der Waals surface area contributed by atoms with Crippen molar-refractivity contribution in [3.05, 3.63) is 111 Å². The van der Waals surface area contributed by atoms with E-state index in [4.69, 9.17) is 9.47 Å². The molecule has 0 spiro atoms. The second-order valence-corrected chi connectivity index (χ2v) is 13.8. The highest BCUT2D eigenvalue weighted by Crippen LogP contribution is 2.38. The molecular weight excluding hydrogens is 664 g/mol. The van der Waals surface area contributed by atoms with Gasteiger partial charge in [0.15, 0.2) is 12.7 Å². The number of benzene rings is 3. The van der Waals surface area contributed by atoms with Gasteiger partial charge in [-0.25, -0.2) is 0 Å². The third-order valence-corrected chi connectivity index (χ3v) is 11.2. The Morgan fingerprint density at radius 2 is 1.63 bits per heavy atom. The minimum Gasteiger partial charge on any atom is -0.497 e. The number of pyridine rings is 1. The quantitative estimate of drug-likeness (QED) is 0.0883. The normalized spacial score (nSPS) is 21.0. The molecule has 1 aliphatic heterocycles. The van der Waals surface area contributed by atoms with Crippen LogP contribution in [0.1, 0.15) is 43.4 Å². The maximum atomic E-state index is 5.64. The zero-order chi connectivity index (χ0) is 30.6. The van der Waals surface area contributed by atoms with Gasteiger partial charge in [-0.2, -0.15) is 4.57 Å². The number of hydrogen-bond donors (Lipinski definition) is 0. The first-order chi connectivity index (χ1) is 20.8. The van der Waals surface area contributed by atoms with Gasteiger partial charge in [0.05, 0.1) is 33.4 Å². The van der Waals surface area contributed by atoms with Gasteiger partial charge in [-0.15, -0.1) is 6.58 Å². The molecule has 1 saturated heterocycles. The van der Waals surface area contributed by atoms with E-state index in [0.717, 1.165) is 57.4 Å². The molecule has 0 aliphatic carbocycles. The summed E-state index contributed by atoms with van der Waals surface area (Å²) in [4.78, 5) is 0. The molecule has 5 rings (SSSR count). The van der Waals surface area contributed by atoms with Crippen LogP contribution in [-0.4, -0.2) is 37.8 Å². The van der Waals surface area contributed by atoms with E-state index in [2.05, 4.69) is 124 Å². The van der Waals surface area contributed by atoms with E-state index in [9.17, 15) is 0 Å². The zero-order valence-corrected chi connectivity index (χ0v) is 29.0. The van der Waals surface area contributed by atoms with Crippen molar-refractivity contribution in [1.29, 1.82) is 0 Å². The van der Waals surface area contributed by atoms with Crippen LogP contribution in [0.3, 0.4) is 0 Å². The van der Waals surface area contributed by atoms with Gasteiger partial charge >= 0.3 is 0 Å². The molecule has 3 unspecified atom stereocenters. The van der Waals surface area contributed by atoms with Crippen molar-refractivity contribution in [3.8, 4) is 11.5 Å². The summed E-state index contributed by atoms with van der Waals surface area (Å²) in [6.45, 7) is 13.1. The molecule has 2 heterocycles. The number of aromatic nitrogens is 1. The van der Waals surface area contributed by atoms with Gasteiger partial charge in [0.25, 0.3) is 0 Å². The second-order valence-electron chi connectivity index (χ2n) is 12.1. The lowest BCUT2D eigenvalue weighted by atomic mass is 9.82. The number of halogens is 2. The summed E-state index contributed by atoms with van der Waals surface area (Å²) in [6.07, 6.45) is 7.83. The summed E-state index contributed by atoms with van der Waals surface area (Å²) in [6, 6.07) is 24.3. The molecule has 0 amide bonds. The molecule has 4 atom stereocenters. The monoisotopic (exact) mass is 706 g/mol. The Morgan fingerprint density at radius 3 is 2.30 bits per heavy atom. The molecule has 43 heavy (non-hydrogen) atoms. The number of likely N-dealkylation sites (tertiary alicyclic amines) is 1. The fourth-order valence-electron chi connectivity index (χ4n) is 7.04. The van der Waals surface area contributed by atoms with Crippen molar-refractivity contribution in [1.82, 2.24) is 0 Å².